The number of alkyl halides is 3. The van der Waals surface area contributed by atoms with Gasteiger partial charge in [0, 0.05) is 18.3 Å². The van der Waals surface area contributed by atoms with Gasteiger partial charge in [-0.2, -0.15) is 13.2 Å². The van der Waals surface area contributed by atoms with Crippen LogP contribution in [0.2, 0.25) is 0 Å². The molecule has 0 atom stereocenters. The smallest absolute Gasteiger partial charge is 0.355 e. The Labute approximate surface area is 140 Å². The topological polar surface area (TPSA) is 75.3 Å². The van der Waals surface area contributed by atoms with Crippen LogP contribution in [-0.2, 0) is 16.2 Å². The van der Waals surface area contributed by atoms with E-state index in [9.17, 15) is 30.8 Å². The van der Waals surface area contributed by atoms with Crippen LogP contribution in [0.25, 0.3) is 0 Å². The van der Waals surface area contributed by atoms with E-state index < -0.39 is 32.5 Å². The second-order valence-corrected chi connectivity index (χ2v) is 6.58. The van der Waals surface area contributed by atoms with E-state index in [1.807, 2.05) is 0 Å². The molecule has 0 aliphatic heterocycles. The van der Waals surface area contributed by atoms with E-state index in [1.165, 1.54) is 31.3 Å². The molecule has 0 aliphatic carbocycles. The molecule has 0 spiro atoms. The summed E-state index contributed by atoms with van der Waals surface area (Å²) >= 11 is 0. The SMILES string of the molecule is CNC(=O)c1ccc(NS(=O)(=O)c2ccc(F)c(C(F)(F)F)c2)cc1. The van der Waals surface area contributed by atoms with Crippen LogP contribution in [0.3, 0.4) is 0 Å². The van der Waals surface area contributed by atoms with Gasteiger partial charge in [-0.15, -0.1) is 0 Å². The largest absolute Gasteiger partial charge is 0.419 e. The van der Waals surface area contributed by atoms with Gasteiger partial charge in [0.2, 0.25) is 0 Å². The monoisotopic (exact) mass is 376 g/mol. The molecule has 0 aromatic heterocycles. The minimum Gasteiger partial charge on any atom is -0.355 e. The summed E-state index contributed by atoms with van der Waals surface area (Å²) < 4.78 is 77.8. The van der Waals surface area contributed by atoms with Gasteiger partial charge in [0.15, 0.2) is 0 Å². The standard InChI is InChI=1S/C15H12F4N2O3S/c1-20-14(22)9-2-4-10(5-3-9)21-25(23,24)11-6-7-13(16)12(8-11)15(17,18)19/h2-8,21H,1H3,(H,20,22). The van der Waals surface area contributed by atoms with Crippen molar-refractivity contribution in [1.29, 1.82) is 0 Å². The zero-order valence-corrected chi connectivity index (χ0v) is 13.5. The van der Waals surface area contributed by atoms with Crippen molar-refractivity contribution in [2.75, 3.05) is 11.8 Å². The van der Waals surface area contributed by atoms with Crippen LogP contribution in [0.5, 0.6) is 0 Å². The summed E-state index contributed by atoms with van der Waals surface area (Å²) in [4.78, 5) is 10.7. The van der Waals surface area contributed by atoms with Crippen LogP contribution in [0.15, 0.2) is 47.4 Å². The molecule has 1 amide bonds. The molecule has 0 radical (unpaired) electrons. The second-order valence-electron chi connectivity index (χ2n) is 4.90. The Hall–Kier alpha value is -2.62. The predicted molar refractivity (Wildman–Crippen MR) is 82.0 cm³/mol. The first kappa shape index (κ1) is 18.7. The number of anilines is 1. The highest BCUT2D eigenvalue weighted by Crippen LogP contribution is 2.33. The quantitative estimate of drug-likeness (QED) is 0.806. The molecule has 0 saturated heterocycles. The molecule has 134 valence electrons. The highest BCUT2D eigenvalue weighted by atomic mass is 32.2. The molecule has 0 unspecified atom stereocenters. The summed E-state index contributed by atoms with van der Waals surface area (Å²) in [7, 11) is -2.95. The normalized spacial score (nSPS) is 11.9. The summed E-state index contributed by atoms with van der Waals surface area (Å²) in [6, 6.07) is 6.60. The van der Waals surface area contributed by atoms with Gasteiger partial charge in [-0.25, -0.2) is 12.8 Å². The Morgan fingerprint density at radius 3 is 2.16 bits per heavy atom. The summed E-state index contributed by atoms with van der Waals surface area (Å²) in [5.74, 6) is -1.95. The number of hydrogen-bond acceptors (Lipinski definition) is 3. The third-order valence-corrected chi connectivity index (χ3v) is 4.56. The van der Waals surface area contributed by atoms with Crippen molar-refractivity contribution < 1.29 is 30.8 Å². The number of carbonyl (C=O) groups is 1. The Balaban J connectivity index is 2.32. The van der Waals surface area contributed by atoms with Crippen molar-refractivity contribution in [3.05, 3.63) is 59.4 Å². The Bertz CT molecular complexity index is 894. The third-order valence-electron chi connectivity index (χ3n) is 3.18. The lowest BCUT2D eigenvalue weighted by molar-refractivity contribution is -0.140. The lowest BCUT2D eigenvalue weighted by Crippen LogP contribution is -2.18. The van der Waals surface area contributed by atoms with E-state index in [2.05, 4.69) is 10.0 Å². The molecule has 2 rings (SSSR count). The fraction of sp³-hybridized carbons (Fsp3) is 0.133. The van der Waals surface area contributed by atoms with Crippen molar-refractivity contribution in [2.24, 2.45) is 0 Å². The highest BCUT2D eigenvalue weighted by molar-refractivity contribution is 7.92. The predicted octanol–water partition coefficient (Wildman–Crippen LogP) is 3.00. The van der Waals surface area contributed by atoms with Gasteiger partial charge in [0.1, 0.15) is 5.82 Å². The first-order valence-corrected chi connectivity index (χ1v) is 8.24. The van der Waals surface area contributed by atoms with E-state index >= 15 is 0 Å². The van der Waals surface area contributed by atoms with Crippen LogP contribution < -0.4 is 10.0 Å². The van der Waals surface area contributed by atoms with Gasteiger partial charge in [-0.05, 0) is 42.5 Å². The molecule has 0 aliphatic rings. The Morgan fingerprint density at radius 1 is 1.04 bits per heavy atom. The van der Waals surface area contributed by atoms with E-state index in [0.29, 0.717) is 6.07 Å². The van der Waals surface area contributed by atoms with Crippen LogP contribution in [-0.4, -0.2) is 21.4 Å². The van der Waals surface area contributed by atoms with Crippen molar-refractivity contribution in [2.45, 2.75) is 11.1 Å². The van der Waals surface area contributed by atoms with Gasteiger partial charge in [-0.1, -0.05) is 0 Å². The van der Waals surface area contributed by atoms with Crippen molar-refractivity contribution in [3.8, 4) is 0 Å². The number of benzene rings is 2. The number of nitrogens with one attached hydrogen (secondary N) is 2. The fourth-order valence-electron chi connectivity index (χ4n) is 1.94. The first-order chi connectivity index (χ1) is 11.5. The average Bonchev–Trinajstić information content (AvgIpc) is 2.53. The van der Waals surface area contributed by atoms with Gasteiger partial charge in [0.25, 0.3) is 15.9 Å². The van der Waals surface area contributed by atoms with Gasteiger partial charge < -0.3 is 5.32 Å². The Kier molecular flexibility index (Phi) is 5.02. The van der Waals surface area contributed by atoms with E-state index in [-0.39, 0.29) is 23.2 Å². The van der Waals surface area contributed by atoms with Gasteiger partial charge in [-0.3, -0.25) is 9.52 Å². The van der Waals surface area contributed by atoms with Gasteiger partial charge >= 0.3 is 6.18 Å². The number of amides is 1. The molecule has 0 fully saturated rings. The van der Waals surface area contributed by atoms with E-state index in [0.717, 1.165) is 6.07 Å². The second kappa shape index (κ2) is 6.71. The number of carbonyl (C=O) groups excluding carboxylic acids is 1. The zero-order valence-electron chi connectivity index (χ0n) is 12.7. The third kappa shape index (κ3) is 4.27. The molecule has 0 saturated carbocycles. The molecule has 2 N–H and O–H groups in total. The van der Waals surface area contributed by atoms with E-state index in [4.69, 9.17) is 0 Å². The summed E-state index contributed by atoms with van der Waals surface area (Å²) in [6.07, 6.45) is -5.02. The molecular weight excluding hydrogens is 364 g/mol. The Morgan fingerprint density at radius 2 is 1.64 bits per heavy atom. The molecule has 25 heavy (non-hydrogen) atoms. The number of rotatable bonds is 4. The van der Waals surface area contributed by atoms with Gasteiger partial charge in [0.05, 0.1) is 10.5 Å². The first-order valence-electron chi connectivity index (χ1n) is 6.76. The van der Waals surface area contributed by atoms with Crippen LogP contribution in [0, 0.1) is 5.82 Å². The van der Waals surface area contributed by atoms with Crippen LogP contribution in [0.4, 0.5) is 23.2 Å². The number of sulfonamides is 1. The summed E-state index contributed by atoms with van der Waals surface area (Å²) in [5, 5.41) is 2.38. The molecule has 2 aromatic carbocycles. The maximum Gasteiger partial charge on any atom is 0.419 e. The molecule has 5 nitrogen and oxygen atoms in total. The maximum atomic E-state index is 13.3. The fourth-order valence-corrected chi connectivity index (χ4v) is 3.02. The minimum atomic E-state index is -5.02. The summed E-state index contributed by atoms with van der Waals surface area (Å²) in [5.41, 5.74) is -1.37. The lowest BCUT2D eigenvalue weighted by atomic mass is 10.2. The average molecular weight is 376 g/mol. The lowest BCUT2D eigenvalue weighted by Gasteiger charge is -2.12. The summed E-state index contributed by atoms with van der Waals surface area (Å²) in [6.45, 7) is 0. The minimum absolute atomic E-state index is 0.0329. The molecule has 0 bridgehead atoms. The van der Waals surface area contributed by atoms with Crippen molar-refractivity contribution >= 4 is 21.6 Å². The molecular formula is C15H12F4N2O3S. The highest BCUT2D eigenvalue weighted by Gasteiger charge is 2.35. The maximum absolute atomic E-state index is 13.3. The molecule has 10 heteroatoms. The number of halogens is 4. The van der Waals surface area contributed by atoms with Crippen molar-refractivity contribution in [3.63, 3.8) is 0 Å². The van der Waals surface area contributed by atoms with Crippen LogP contribution in [0.1, 0.15) is 15.9 Å². The number of hydrogen-bond donors (Lipinski definition) is 2. The van der Waals surface area contributed by atoms with E-state index in [1.54, 1.807) is 0 Å². The van der Waals surface area contributed by atoms with Crippen LogP contribution >= 0.6 is 0 Å². The molecule has 2 aromatic rings. The zero-order chi connectivity index (χ0) is 18.8. The van der Waals surface area contributed by atoms with Crippen molar-refractivity contribution in [1.82, 2.24) is 5.32 Å². The molecule has 0 heterocycles.